The van der Waals surface area contributed by atoms with E-state index < -0.39 is 11.6 Å². The molecule has 0 aliphatic carbocycles. The van der Waals surface area contributed by atoms with Crippen molar-refractivity contribution in [3.8, 4) is 17.2 Å². The van der Waals surface area contributed by atoms with Gasteiger partial charge in [0, 0.05) is 6.07 Å². The zero-order valence-electron chi connectivity index (χ0n) is 9.87. The molecule has 0 bridgehead atoms. The molecule has 3 heteroatoms. The van der Waals surface area contributed by atoms with Crippen molar-refractivity contribution in [1.29, 1.82) is 5.26 Å². The van der Waals surface area contributed by atoms with Crippen molar-refractivity contribution >= 4 is 0 Å². The molecule has 0 saturated carbocycles. The standard InChI is InChI=1S/C15H11F2N/c1-10-6-11(4-5-18)2-3-15(10)12-7-13(16)9-14(17)8-12/h2-3,6-9H,4H2,1H3. The van der Waals surface area contributed by atoms with Crippen LogP contribution in [0, 0.1) is 29.9 Å². The molecule has 0 amide bonds. The minimum absolute atomic E-state index is 0.332. The highest BCUT2D eigenvalue weighted by Crippen LogP contribution is 2.26. The first-order valence-electron chi connectivity index (χ1n) is 5.53. The van der Waals surface area contributed by atoms with Crippen molar-refractivity contribution in [2.45, 2.75) is 13.3 Å². The molecular formula is C15H11F2N. The number of aryl methyl sites for hydroxylation is 1. The minimum Gasteiger partial charge on any atom is -0.207 e. The molecule has 0 saturated heterocycles. The number of nitrogens with zero attached hydrogens (tertiary/aromatic N) is 1. The predicted molar refractivity (Wildman–Crippen MR) is 65.8 cm³/mol. The molecule has 0 spiro atoms. The van der Waals surface area contributed by atoms with E-state index in [-0.39, 0.29) is 0 Å². The first-order valence-corrected chi connectivity index (χ1v) is 5.53. The fourth-order valence-electron chi connectivity index (χ4n) is 1.96. The second-order valence-corrected chi connectivity index (χ2v) is 4.14. The van der Waals surface area contributed by atoms with Gasteiger partial charge in [-0.1, -0.05) is 18.2 Å². The van der Waals surface area contributed by atoms with E-state index in [4.69, 9.17) is 5.26 Å². The number of rotatable bonds is 2. The Morgan fingerprint density at radius 1 is 1.06 bits per heavy atom. The zero-order chi connectivity index (χ0) is 13.1. The fourth-order valence-corrected chi connectivity index (χ4v) is 1.96. The monoisotopic (exact) mass is 243 g/mol. The Morgan fingerprint density at radius 3 is 2.28 bits per heavy atom. The second kappa shape index (κ2) is 4.97. The summed E-state index contributed by atoms with van der Waals surface area (Å²) >= 11 is 0. The van der Waals surface area contributed by atoms with Gasteiger partial charge in [-0.05, 0) is 41.3 Å². The maximum absolute atomic E-state index is 13.2. The molecule has 0 radical (unpaired) electrons. The lowest BCUT2D eigenvalue weighted by atomic mass is 9.97. The first-order chi connectivity index (χ1) is 8.60. The zero-order valence-corrected chi connectivity index (χ0v) is 9.87. The van der Waals surface area contributed by atoms with Crippen LogP contribution in [0.5, 0.6) is 0 Å². The first kappa shape index (κ1) is 12.3. The topological polar surface area (TPSA) is 23.8 Å². The van der Waals surface area contributed by atoms with Crippen LogP contribution in [-0.4, -0.2) is 0 Å². The second-order valence-electron chi connectivity index (χ2n) is 4.14. The molecule has 18 heavy (non-hydrogen) atoms. The Kier molecular flexibility index (Phi) is 3.38. The molecule has 0 fully saturated rings. The number of halogens is 2. The van der Waals surface area contributed by atoms with Crippen LogP contribution in [0.2, 0.25) is 0 Å². The lowest BCUT2D eigenvalue weighted by molar-refractivity contribution is 0.584. The molecule has 0 aromatic heterocycles. The van der Waals surface area contributed by atoms with Gasteiger partial charge in [-0.15, -0.1) is 0 Å². The van der Waals surface area contributed by atoms with Gasteiger partial charge in [0.2, 0.25) is 0 Å². The smallest absolute Gasteiger partial charge is 0.126 e. The maximum atomic E-state index is 13.2. The van der Waals surface area contributed by atoms with E-state index in [0.29, 0.717) is 12.0 Å². The van der Waals surface area contributed by atoms with Crippen molar-refractivity contribution in [3.05, 3.63) is 59.2 Å². The van der Waals surface area contributed by atoms with Crippen molar-refractivity contribution in [3.63, 3.8) is 0 Å². The van der Waals surface area contributed by atoms with Crippen LogP contribution in [0.1, 0.15) is 11.1 Å². The summed E-state index contributed by atoms with van der Waals surface area (Å²) in [5.41, 5.74) is 3.08. The average molecular weight is 243 g/mol. The number of hydrogen-bond acceptors (Lipinski definition) is 1. The summed E-state index contributed by atoms with van der Waals surface area (Å²) in [6.45, 7) is 1.86. The van der Waals surface area contributed by atoms with Gasteiger partial charge >= 0.3 is 0 Å². The van der Waals surface area contributed by atoms with Gasteiger partial charge in [-0.2, -0.15) is 5.26 Å². The third kappa shape index (κ3) is 2.54. The summed E-state index contributed by atoms with van der Waals surface area (Å²) in [5.74, 6) is -1.18. The molecule has 2 rings (SSSR count). The third-order valence-electron chi connectivity index (χ3n) is 2.75. The summed E-state index contributed by atoms with van der Waals surface area (Å²) in [4.78, 5) is 0. The normalized spacial score (nSPS) is 10.1. The number of nitriles is 1. The van der Waals surface area contributed by atoms with E-state index in [1.54, 1.807) is 12.1 Å². The van der Waals surface area contributed by atoms with E-state index in [0.717, 1.165) is 22.8 Å². The lowest BCUT2D eigenvalue weighted by Gasteiger charge is -2.08. The van der Waals surface area contributed by atoms with Gasteiger partial charge in [0.25, 0.3) is 0 Å². The Bertz CT molecular complexity index is 607. The molecule has 0 heterocycles. The van der Waals surface area contributed by atoms with Crippen LogP contribution >= 0.6 is 0 Å². The third-order valence-corrected chi connectivity index (χ3v) is 2.75. The quantitative estimate of drug-likeness (QED) is 0.781. The molecule has 0 atom stereocenters. The predicted octanol–water partition coefficient (Wildman–Crippen LogP) is 4.01. The highest BCUT2D eigenvalue weighted by molar-refractivity contribution is 5.67. The molecule has 2 aromatic carbocycles. The minimum atomic E-state index is -0.592. The Hall–Kier alpha value is -2.21. The van der Waals surface area contributed by atoms with E-state index in [9.17, 15) is 8.78 Å². The van der Waals surface area contributed by atoms with Crippen LogP contribution < -0.4 is 0 Å². The molecule has 0 N–H and O–H groups in total. The fraction of sp³-hybridized carbons (Fsp3) is 0.133. The van der Waals surface area contributed by atoms with Crippen LogP contribution in [0.15, 0.2) is 36.4 Å². The summed E-state index contributed by atoms with van der Waals surface area (Å²) in [7, 11) is 0. The van der Waals surface area contributed by atoms with E-state index in [1.165, 1.54) is 12.1 Å². The molecule has 2 aromatic rings. The Labute approximate surface area is 104 Å². The maximum Gasteiger partial charge on any atom is 0.126 e. The number of benzene rings is 2. The van der Waals surface area contributed by atoms with Crippen LogP contribution in [0.25, 0.3) is 11.1 Å². The van der Waals surface area contributed by atoms with Gasteiger partial charge < -0.3 is 0 Å². The highest BCUT2D eigenvalue weighted by atomic mass is 19.1. The van der Waals surface area contributed by atoms with Crippen molar-refractivity contribution in [2.75, 3.05) is 0 Å². The van der Waals surface area contributed by atoms with Crippen LogP contribution in [0.4, 0.5) is 8.78 Å². The molecule has 1 nitrogen and oxygen atoms in total. The molecule has 0 aliphatic heterocycles. The SMILES string of the molecule is Cc1cc(CC#N)ccc1-c1cc(F)cc(F)c1. The van der Waals surface area contributed by atoms with Crippen LogP contribution in [-0.2, 0) is 6.42 Å². The largest absolute Gasteiger partial charge is 0.207 e. The van der Waals surface area contributed by atoms with E-state index in [2.05, 4.69) is 6.07 Å². The molecular weight excluding hydrogens is 232 g/mol. The average Bonchev–Trinajstić information content (AvgIpc) is 2.28. The van der Waals surface area contributed by atoms with Gasteiger partial charge in [0.1, 0.15) is 11.6 Å². The van der Waals surface area contributed by atoms with Crippen molar-refractivity contribution in [1.82, 2.24) is 0 Å². The summed E-state index contributed by atoms with van der Waals surface area (Å²) < 4.78 is 26.3. The lowest BCUT2D eigenvalue weighted by Crippen LogP contribution is -1.90. The summed E-state index contributed by atoms with van der Waals surface area (Å²) in [6.07, 6.45) is 0.332. The molecule has 0 unspecified atom stereocenters. The summed E-state index contributed by atoms with van der Waals surface area (Å²) in [6, 6.07) is 11.0. The van der Waals surface area contributed by atoms with Crippen LogP contribution in [0.3, 0.4) is 0 Å². The highest BCUT2D eigenvalue weighted by Gasteiger charge is 2.06. The van der Waals surface area contributed by atoms with Crippen molar-refractivity contribution < 1.29 is 8.78 Å². The van der Waals surface area contributed by atoms with Gasteiger partial charge in [0.15, 0.2) is 0 Å². The molecule has 0 aliphatic rings. The van der Waals surface area contributed by atoms with Crippen molar-refractivity contribution in [2.24, 2.45) is 0 Å². The summed E-state index contributed by atoms with van der Waals surface area (Å²) in [5, 5.41) is 8.62. The van der Waals surface area contributed by atoms with E-state index in [1.807, 2.05) is 13.0 Å². The number of hydrogen-bond donors (Lipinski definition) is 0. The van der Waals surface area contributed by atoms with Gasteiger partial charge in [-0.3, -0.25) is 0 Å². The Morgan fingerprint density at radius 2 is 1.72 bits per heavy atom. The van der Waals surface area contributed by atoms with E-state index >= 15 is 0 Å². The Balaban J connectivity index is 2.48. The van der Waals surface area contributed by atoms with Gasteiger partial charge in [0.05, 0.1) is 12.5 Å². The van der Waals surface area contributed by atoms with Gasteiger partial charge in [-0.25, -0.2) is 8.78 Å². The molecule has 90 valence electrons.